The third-order valence-electron chi connectivity index (χ3n) is 4.57. The Morgan fingerprint density at radius 1 is 1.12 bits per heavy atom. The van der Waals surface area contributed by atoms with Crippen LogP contribution < -0.4 is 9.47 Å². The summed E-state index contributed by atoms with van der Waals surface area (Å²) < 4.78 is 11.8. The zero-order chi connectivity index (χ0) is 18.6. The fraction of sp³-hybridized carbons (Fsp3) is 0.250. The van der Waals surface area contributed by atoms with Crippen LogP contribution in [-0.4, -0.2) is 26.7 Å². The molecule has 6 nitrogen and oxygen atoms in total. The van der Waals surface area contributed by atoms with Crippen molar-refractivity contribution in [3.05, 3.63) is 47.0 Å². The minimum Gasteiger partial charge on any atom is -0.508 e. The van der Waals surface area contributed by atoms with Gasteiger partial charge in [-0.2, -0.15) is 0 Å². The van der Waals surface area contributed by atoms with E-state index in [1.807, 2.05) is 19.9 Å². The molecule has 2 aromatic rings. The van der Waals surface area contributed by atoms with E-state index >= 15 is 0 Å². The van der Waals surface area contributed by atoms with Gasteiger partial charge in [0.1, 0.15) is 46.0 Å². The molecule has 2 aliphatic rings. The number of carbonyl (C=O) groups excluding carboxylic acids is 1. The highest BCUT2D eigenvalue weighted by molar-refractivity contribution is 6.04. The number of Topliss-reactive ketones (excluding diaryl/α,β-unsaturated/α-hetero) is 1. The van der Waals surface area contributed by atoms with Crippen molar-refractivity contribution in [1.29, 1.82) is 0 Å². The van der Waals surface area contributed by atoms with E-state index in [1.54, 1.807) is 12.1 Å². The van der Waals surface area contributed by atoms with Gasteiger partial charge in [-0.25, -0.2) is 0 Å². The highest BCUT2D eigenvalue weighted by Crippen LogP contribution is 2.48. The fourth-order valence-corrected chi connectivity index (χ4v) is 3.29. The minimum absolute atomic E-state index is 0.0340. The Morgan fingerprint density at radius 2 is 1.88 bits per heavy atom. The van der Waals surface area contributed by atoms with Gasteiger partial charge in [0.15, 0.2) is 5.78 Å². The zero-order valence-corrected chi connectivity index (χ0v) is 14.3. The number of hydrogen-bond donors (Lipinski definition) is 3. The molecular weight excluding hydrogens is 336 g/mol. The van der Waals surface area contributed by atoms with Crippen LogP contribution in [0.3, 0.4) is 0 Å². The van der Waals surface area contributed by atoms with Gasteiger partial charge in [0.25, 0.3) is 0 Å². The molecule has 0 fully saturated rings. The third-order valence-corrected chi connectivity index (χ3v) is 4.57. The fourth-order valence-electron chi connectivity index (χ4n) is 3.29. The van der Waals surface area contributed by atoms with E-state index in [2.05, 4.69) is 0 Å². The normalized spacial score (nSPS) is 19.9. The van der Waals surface area contributed by atoms with E-state index in [9.17, 15) is 20.1 Å². The van der Waals surface area contributed by atoms with Crippen LogP contribution in [0, 0.1) is 0 Å². The summed E-state index contributed by atoms with van der Waals surface area (Å²) in [5.74, 6) is -0.0558. The molecule has 2 aliphatic heterocycles. The van der Waals surface area contributed by atoms with E-state index in [0.717, 1.165) is 0 Å². The Morgan fingerprint density at radius 3 is 2.62 bits per heavy atom. The molecule has 0 aromatic heterocycles. The van der Waals surface area contributed by atoms with Crippen LogP contribution in [0.2, 0.25) is 0 Å². The van der Waals surface area contributed by atoms with Gasteiger partial charge in [-0.1, -0.05) is 0 Å². The molecule has 1 unspecified atom stereocenters. The van der Waals surface area contributed by atoms with Crippen molar-refractivity contribution < 1.29 is 29.6 Å². The van der Waals surface area contributed by atoms with Gasteiger partial charge < -0.3 is 24.8 Å². The van der Waals surface area contributed by atoms with Crippen LogP contribution in [0.1, 0.15) is 47.9 Å². The first-order valence-corrected chi connectivity index (χ1v) is 8.25. The Labute approximate surface area is 149 Å². The molecule has 0 spiro atoms. The second-order valence-corrected chi connectivity index (χ2v) is 7.03. The summed E-state index contributed by atoms with van der Waals surface area (Å²) in [7, 11) is 0. The summed E-state index contributed by atoms with van der Waals surface area (Å²) in [4.78, 5) is 12.6. The van der Waals surface area contributed by atoms with Gasteiger partial charge in [0.2, 0.25) is 0 Å². The van der Waals surface area contributed by atoms with Gasteiger partial charge in [-0.3, -0.25) is 4.79 Å². The molecule has 2 aromatic carbocycles. The lowest BCUT2D eigenvalue weighted by Gasteiger charge is -2.32. The summed E-state index contributed by atoms with van der Waals surface area (Å²) in [6.45, 7) is 3.76. The molecule has 0 saturated heterocycles. The molecule has 6 heteroatoms. The van der Waals surface area contributed by atoms with Crippen LogP contribution in [-0.2, 0) is 0 Å². The number of carbonyl (C=O) groups is 1. The number of aromatic hydroxyl groups is 3. The number of phenols is 3. The van der Waals surface area contributed by atoms with Crippen molar-refractivity contribution >= 4 is 11.9 Å². The molecule has 2 heterocycles. The minimum atomic E-state index is -0.722. The van der Waals surface area contributed by atoms with E-state index in [1.165, 1.54) is 18.2 Å². The maximum atomic E-state index is 12.6. The summed E-state index contributed by atoms with van der Waals surface area (Å²) >= 11 is 0. The largest absolute Gasteiger partial charge is 0.508 e. The maximum absolute atomic E-state index is 12.6. The standard InChI is InChI=1S/C20H18O6/c1-20(2)6-5-12-16(26-20)9-17-18(19(12)24)14(23)8-15(25-17)11-4-3-10(21)7-13(11)22/h3-7,9,15,21-22,24H,8H2,1-2H3. The van der Waals surface area contributed by atoms with Crippen molar-refractivity contribution in [2.75, 3.05) is 0 Å². The third kappa shape index (κ3) is 2.54. The second kappa shape index (κ2) is 5.42. The van der Waals surface area contributed by atoms with Gasteiger partial charge in [0.05, 0.1) is 12.0 Å². The summed E-state index contributed by atoms with van der Waals surface area (Å²) in [6.07, 6.45) is 2.79. The summed E-state index contributed by atoms with van der Waals surface area (Å²) in [6, 6.07) is 5.71. The number of hydrogen-bond acceptors (Lipinski definition) is 6. The first-order chi connectivity index (χ1) is 12.2. The molecule has 3 N–H and O–H groups in total. The first-order valence-electron chi connectivity index (χ1n) is 8.25. The Bertz CT molecular complexity index is 957. The molecular formula is C20H18O6. The number of phenolic OH excluding ortho intramolecular Hbond substituents is 3. The predicted octanol–water partition coefficient (Wildman–Crippen LogP) is 3.69. The Kier molecular flexibility index (Phi) is 3.41. The number of rotatable bonds is 1. The molecule has 26 heavy (non-hydrogen) atoms. The highest BCUT2D eigenvalue weighted by atomic mass is 16.5. The van der Waals surface area contributed by atoms with Crippen LogP contribution in [0.5, 0.6) is 28.7 Å². The van der Waals surface area contributed by atoms with Crippen molar-refractivity contribution in [2.45, 2.75) is 32.0 Å². The predicted molar refractivity (Wildman–Crippen MR) is 93.9 cm³/mol. The van der Waals surface area contributed by atoms with Crippen LogP contribution in [0.4, 0.5) is 0 Å². The first kappa shape index (κ1) is 16.3. The lowest BCUT2D eigenvalue weighted by Crippen LogP contribution is -2.28. The molecule has 0 bridgehead atoms. The molecule has 1 atom stereocenters. The number of ketones is 1. The average molecular weight is 354 g/mol. The highest BCUT2D eigenvalue weighted by Gasteiger charge is 2.35. The van der Waals surface area contributed by atoms with Gasteiger partial charge in [0, 0.05) is 17.7 Å². The van der Waals surface area contributed by atoms with Crippen LogP contribution >= 0.6 is 0 Å². The van der Waals surface area contributed by atoms with Gasteiger partial charge in [-0.15, -0.1) is 0 Å². The SMILES string of the molecule is CC1(C)C=Cc2c(cc3c(c2O)C(=O)CC(c2ccc(O)cc2O)O3)O1. The summed E-state index contributed by atoms with van der Waals surface area (Å²) in [5, 5.41) is 30.1. The number of fused-ring (bicyclic) bond motifs is 2. The summed E-state index contributed by atoms with van der Waals surface area (Å²) in [5.41, 5.74) is 0.415. The Balaban J connectivity index is 1.79. The molecule has 0 amide bonds. The van der Waals surface area contributed by atoms with E-state index in [4.69, 9.17) is 9.47 Å². The van der Waals surface area contributed by atoms with E-state index in [-0.39, 0.29) is 40.8 Å². The Hall–Kier alpha value is -3.15. The molecule has 4 rings (SSSR count). The monoisotopic (exact) mass is 354 g/mol. The second-order valence-electron chi connectivity index (χ2n) is 7.03. The van der Waals surface area contributed by atoms with Gasteiger partial charge >= 0.3 is 0 Å². The molecule has 0 saturated carbocycles. The zero-order valence-electron chi connectivity index (χ0n) is 14.3. The topological polar surface area (TPSA) is 96.2 Å². The lowest BCUT2D eigenvalue weighted by atomic mass is 9.92. The smallest absolute Gasteiger partial charge is 0.174 e. The maximum Gasteiger partial charge on any atom is 0.174 e. The van der Waals surface area contributed by atoms with Crippen molar-refractivity contribution in [3.63, 3.8) is 0 Å². The van der Waals surface area contributed by atoms with Crippen LogP contribution in [0.15, 0.2) is 30.3 Å². The molecule has 0 aliphatic carbocycles. The molecule has 0 radical (unpaired) electrons. The van der Waals surface area contributed by atoms with E-state index in [0.29, 0.717) is 16.9 Å². The lowest BCUT2D eigenvalue weighted by molar-refractivity contribution is 0.0839. The van der Waals surface area contributed by atoms with Crippen molar-refractivity contribution in [1.82, 2.24) is 0 Å². The van der Waals surface area contributed by atoms with Gasteiger partial charge in [-0.05, 0) is 38.1 Å². The molecule has 134 valence electrons. The number of benzene rings is 2. The van der Waals surface area contributed by atoms with E-state index < -0.39 is 11.7 Å². The van der Waals surface area contributed by atoms with Crippen molar-refractivity contribution in [3.8, 4) is 28.7 Å². The van der Waals surface area contributed by atoms with Crippen LogP contribution in [0.25, 0.3) is 6.08 Å². The average Bonchev–Trinajstić information content (AvgIpc) is 2.53. The number of ether oxygens (including phenoxy) is 2. The quantitative estimate of drug-likeness (QED) is 0.723. The van der Waals surface area contributed by atoms with Crippen molar-refractivity contribution in [2.24, 2.45) is 0 Å².